The van der Waals surface area contributed by atoms with Gasteiger partial charge in [0.05, 0.1) is 6.61 Å². The lowest BCUT2D eigenvalue weighted by Crippen LogP contribution is -2.47. The van der Waals surface area contributed by atoms with Crippen LogP contribution in [0.4, 0.5) is 0 Å². The minimum absolute atomic E-state index is 0.117. The number of halogens is 1. The summed E-state index contributed by atoms with van der Waals surface area (Å²) < 4.78 is 0. The highest BCUT2D eigenvalue weighted by Crippen LogP contribution is 2.25. The molecule has 2 N–H and O–H groups in total. The van der Waals surface area contributed by atoms with Crippen LogP contribution in [0.1, 0.15) is 31.7 Å². The Morgan fingerprint density at radius 2 is 2.05 bits per heavy atom. The molecule has 19 heavy (non-hydrogen) atoms. The third-order valence-electron chi connectivity index (χ3n) is 3.46. The van der Waals surface area contributed by atoms with Crippen molar-refractivity contribution < 1.29 is 5.11 Å². The molecule has 1 unspecified atom stereocenters. The van der Waals surface area contributed by atoms with Crippen LogP contribution in [0, 0.1) is 0 Å². The minimum Gasteiger partial charge on any atom is -0.394 e. The summed E-state index contributed by atoms with van der Waals surface area (Å²) in [4.78, 5) is 0. The SMILES string of the molecule is CC(CO)(CCSCc1ccc(Cl)cc1)NC1CC1. The molecule has 0 aliphatic heterocycles. The van der Waals surface area contributed by atoms with E-state index in [-0.39, 0.29) is 12.1 Å². The van der Waals surface area contributed by atoms with E-state index in [0.717, 1.165) is 22.9 Å². The van der Waals surface area contributed by atoms with Gasteiger partial charge in [-0.25, -0.2) is 0 Å². The molecule has 0 radical (unpaired) electrons. The first-order valence-corrected chi connectivity index (χ1v) is 8.35. The van der Waals surface area contributed by atoms with Crippen molar-refractivity contribution in [2.75, 3.05) is 12.4 Å². The molecule has 0 saturated heterocycles. The topological polar surface area (TPSA) is 32.3 Å². The van der Waals surface area contributed by atoms with Crippen LogP contribution in [0.5, 0.6) is 0 Å². The lowest BCUT2D eigenvalue weighted by Gasteiger charge is -2.28. The third-order valence-corrected chi connectivity index (χ3v) is 4.74. The summed E-state index contributed by atoms with van der Waals surface area (Å²) in [5, 5.41) is 13.9. The zero-order valence-electron chi connectivity index (χ0n) is 11.4. The zero-order chi connectivity index (χ0) is 13.7. The Hall–Kier alpha value is -0.220. The summed E-state index contributed by atoms with van der Waals surface area (Å²) in [5.41, 5.74) is 1.18. The van der Waals surface area contributed by atoms with E-state index in [2.05, 4.69) is 24.4 Å². The van der Waals surface area contributed by atoms with Gasteiger partial charge < -0.3 is 10.4 Å². The van der Waals surface area contributed by atoms with Gasteiger partial charge in [0.1, 0.15) is 0 Å². The molecule has 4 heteroatoms. The van der Waals surface area contributed by atoms with E-state index in [4.69, 9.17) is 11.6 Å². The summed E-state index contributed by atoms with van der Waals surface area (Å²) in [6.45, 7) is 2.33. The average molecular weight is 300 g/mol. The van der Waals surface area contributed by atoms with E-state index in [1.165, 1.54) is 18.4 Å². The number of benzene rings is 1. The second-order valence-corrected chi connectivity index (χ2v) is 7.11. The summed E-state index contributed by atoms with van der Waals surface area (Å²) >= 11 is 7.77. The highest BCUT2D eigenvalue weighted by molar-refractivity contribution is 7.98. The van der Waals surface area contributed by atoms with Gasteiger partial charge in [-0.3, -0.25) is 0 Å². The molecule has 1 atom stereocenters. The van der Waals surface area contributed by atoms with Gasteiger partial charge in [0.15, 0.2) is 0 Å². The number of aliphatic hydroxyl groups is 1. The lowest BCUT2D eigenvalue weighted by atomic mass is 10.0. The summed E-state index contributed by atoms with van der Waals surface area (Å²) in [7, 11) is 0. The van der Waals surface area contributed by atoms with Crippen LogP contribution in [0.2, 0.25) is 5.02 Å². The smallest absolute Gasteiger partial charge is 0.0610 e. The maximum atomic E-state index is 9.52. The van der Waals surface area contributed by atoms with Gasteiger partial charge in [0.25, 0.3) is 0 Å². The van der Waals surface area contributed by atoms with Crippen LogP contribution in [0.3, 0.4) is 0 Å². The fourth-order valence-electron chi connectivity index (χ4n) is 1.99. The molecule has 0 aromatic heterocycles. The van der Waals surface area contributed by atoms with Crippen LogP contribution < -0.4 is 5.32 Å². The molecular formula is C15H22ClNOS. The summed E-state index contributed by atoms with van der Waals surface area (Å²) in [6.07, 6.45) is 3.51. The van der Waals surface area contributed by atoms with Crippen molar-refractivity contribution in [1.29, 1.82) is 0 Å². The number of hydrogen-bond acceptors (Lipinski definition) is 3. The molecule has 1 saturated carbocycles. The number of aliphatic hydroxyl groups excluding tert-OH is 1. The maximum Gasteiger partial charge on any atom is 0.0610 e. The second kappa shape index (κ2) is 6.98. The van der Waals surface area contributed by atoms with Gasteiger partial charge in [0.2, 0.25) is 0 Å². The zero-order valence-corrected chi connectivity index (χ0v) is 12.9. The molecule has 0 amide bonds. The van der Waals surface area contributed by atoms with E-state index >= 15 is 0 Å². The molecule has 1 fully saturated rings. The number of hydrogen-bond donors (Lipinski definition) is 2. The quantitative estimate of drug-likeness (QED) is 0.721. The van der Waals surface area contributed by atoms with Crippen molar-refractivity contribution in [2.45, 2.75) is 43.5 Å². The standard InChI is InChI=1S/C15H22ClNOS/c1-15(11-18,17-14-6-7-14)8-9-19-10-12-2-4-13(16)5-3-12/h2-5,14,17-18H,6-11H2,1H3. The Morgan fingerprint density at radius 3 is 2.63 bits per heavy atom. The molecular weight excluding hydrogens is 278 g/mol. The van der Waals surface area contributed by atoms with Crippen molar-refractivity contribution in [3.05, 3.63) is 34.9 Å². The van der Waals surface area contributed by atoms with Gasteiger partial charge in [-0.05, 0) is 49.6 Å². The van der Waals surface area contributed by atoms with Gasteiger partial charge in [-0.2, -0.15) is 11.8 Å². The predicted molar refractivity (Wildman–Crippen MR) is 83.9 cm³/mol. The Bertz CT molecular complexity index is 394. The van der Waals surface area contributed by atoms with E-state index in [1.807, 2.05) is 23.9 Å². The lowest BCUT2D eigenvalue weighted by molar-refractivity contribution is 0.169. The van der Waals surface area contributed by atoms with Crippen molar-refractivity contribution in [1.82, 2.24) is 5.32 Å². The molecule has 1 aromatic carbocycles. The van der Waals surface area contributed by atoms with Crippen LogP contribution in [-0.4, -0.2) is 29.0 Å². The Balaban J connectivity index is 1.68. The molecule has 0 bridgehead atoms. The number of nitrogens with one attached hydrogen (secondary N) is 1. The van der Waals surface area contributed by atoms with Gasteiger partial charge >= 0.3 is 0 Å². The predicted octanol–water partition coefficient (Wildman–Crippen LogP) is 3.47. The van der Waals surface area contributed by atoms with Crippen LogP contribution in [0.25, 0.3) is 0 Å². The number of rotatable bonds is 8. The Labute approximate surface area is 124 Å². The fourth-order valence-corrected chi connectivity index (χ4v) is 3.28. The first-order chi connectivity index (χ1) is 9.11. The normalized spacial score (nSPS) is 18.3. The van der Waals surface area contributed by atoms with Gasteiger partial charge in [0, 0.05) is 22.4 Å². The molecule has 1 aliphatic rings. The van der Waals surface area contributed by atoms with Crippen LogP contribution in [0.15, 0.2) is 24.3 Å². The van der Waals surface area contributed by atoms with Crippen LogP contribution >= 0.6 is 23.4 Å². The minimum atomic E-state index is -0.117. The van der Waals surface area contributed by atoms with Gasteiger partial charge in [-0.15, -0.1) is 0 Å². The fraction of sp³-hybridized carbons (Fsp3) is 0.600. The van der Waals surface area contributed by atoms with Crippen molar-refractivity contribution in [2.24, 2.45) is 0 Å². The largest absolute Gasteiger partial charge is 0.394 e. The van der Waals surface area contributed by atoms with Crippen molar-refractivity contribution in [3.8, 4) is 0 Å². The maximum absolute atomic E-state index is 9.52. The molecule has 1 aliphatic carbocycles. The molecule has 106 valence electrons. The highest BCUT2D eigenvalue weighted by Gasteiger charge is 2.31. The molecule has 0 spiro atoms. The van der Waals surface area contributed by atoms with E-state index in [0.29, 0.717) is 6.04 Å². The van der Waals surface area contributed by atoms with Gasteiger partial charge in [-0.1, -0.05) is 23.7 Å². The second-order valence-electron chi connectivity index (χ2n) is 5.57. The average Bonchev–Trinajstić information content (AvgIpc) is 3.21. The first kappa shape index (κ1) is 15.2. The summed E-state index contributed by atoms with van der Waals surface area (Å²) in [5.74, 6) is 2.06. The molecule has 1 aromatic rings. The summed E-state index contributed by atoms with van der Waals surface area (Å²) in [6, 6.07) is 8.65. The molecule has 0 heterocycles. The van der Waals surface area contributed by atoms with Crippen molar-refractivity contribution >= 4 is 23.4 Å². The Morgan fingerprint density at radius 1 is 1.37 bits per heavy atom. The number of thioether (sulfide) groups is 1. The molecule has 2 nitrogen and oxygen atoms in total. The van der Waals surface area contributed by atoms with E-state index in [1.54, 1.807) is 0 Å². The van der Waals surface area contributed by atoms with E-state index in [9.17, 15) is 5.11 Å². The van der Waals surface area contributed by atoms with Crippen molar-refractivity contribution in [3.63, 3.8) is 0 Å². The third kappa shape index (κ3) is 5.35. The first-order valence-electron chi connectivity index (χ1n) is 6.82. The van der Waals surface area contributed by atoms with E-state index < -0.39 is 0 Å². The Kier molecular flexibility index (Phi) is 5.58. The monoisotopic (exact) mass is 299 g/mol. The molecule has 2 rings (SSSR count). The highest BCUT2D eigenvalue weighted by atomic mass is 35.5. The van der Waals surface area contributed by atoms with Crippen LogP contribution in [-0.2, 0) is 5.75 Å².